The molecule has 4 rings (SSSR count). The number of pyridine rings is 1. The van der Waals surface area contributed by atoms with Crippen molar-refractivity contribution in [1.82, 2.24) is 14.3 Å². The van der Waals surface area contributed by atoms with Crippen LogP contribution in [0.3, 0.4) is 0 Å². The highest BCUT2D eigenvalue weighted by molar-refractivity contribution is 5.75. The largest absolute Gasteiger partial charge is 0.503 e. The summed E-state index contributed by atoms with van der Waals surface area (Å²) < 4.78 is 14.4. The fraction of sp³-hybridized carbons (Fsp3) is 0.130. The molecule has 0 aliphatic rings. The molecule has 0 aliphatic heterocycles. The number of hydrogen-bond donors (Lipinski definition) is 2. The molecule has 0 saturated carbocycles. The van der Waals surface area contributed by atoms with E-state index in [-0.39, 0.29) is 5.82 Å². The molecule has 0 unspecified atom stereocenters. The van der Waals surface area contributed by atoms with Crippen molar-refractivity contribution < 1.29 is 14.6 Å². The van der Waals surface area contributed by atoms with E-state index in [4.69, 9.17) is 15.2 Å². The van der Waals surface area contributed by atoms with Crippen LogP contribution in [0.5, 0.6) is 17.2 Å². The molecular formula is C23H22N4O4. The number of ether oxygens (including phenoxy) is 2. The number of nitrogens with zero attached hydrogens (tertiary/aromatic N) is 3. The van der Waals surface area contributed by atoms with Crippen LogP contribution in [0, 0.1) is 0 Å². The van der Waals surface area contributed by atoms with Gasteiger partial charge in [-0.3, -0.25) is 14.0 Å². The number of nitrogens with two attached hydrogens (primary N) is 1. The van der Waals surface area contributed by atoms with E-state index in [9.17, 15) is 9.90 Å². The van der Waals surface area contributed by atoms with Gasteiger partial charge >= 0.3 is 0 Å². The first kappa shape index (κ1) is 20.1. The van der Waals surface area contributed by atoms with Gasteiger partial charge in [0.25, 0.3) is 0 Å². The maximum Gasteiger partial charge on any atom is 0.225 e. The second-order valence-electron chi connectivity index (χ2n) is 6.95. The number of rotatable bonds is 6. The molecule has 2 aromatic carbocycles. The molecule has 2 aromatic heterocycles. The lowest BCUT2D eigenvalue weighted by Gasteiger charge is -2.17. The van der Waals surface area contributed by atoms with Crippen LogP contribution in [-0.4, -0.2) is 33.7 Å². The van der Waals surface area contributed by atoms with E-state index >= 15 is 0 Å². The molecule has 0 amide bonds. The van der Waals surface area contributed by atoms with Gasteiger partial charge in [-0.1, -0.05) is 30.3 Å². The van der Waals surface area contributed by atoms with Crippen LogP contribution in [-0.2, 0) is 6.54 Å². The molecule has 2 heterocycles. The van der Waals surface area contributed by atoms with Gasteiger partial charge in [0, 0.05) is 29.5 Å². The number of aromatic nitrogens is 3. The Morgan fingerprint density at radius 2 is 1.77 bits per heavy atom. The summed E-state index contributed by atoms with van der Waals surface area (Å²) in [6.45, 7) is 0.632. The van der Waals surface area contributed by atoms with E-state index in [1.54, 1.807) is 19.4 Å². The molecule has 8 heteroatoms. The summed E-state index contributed by atoms with van der Waals surface area (Å²) in [4.78, 5) is 11.7. The van der Waals surface area contributed by atoms with Crippen LogP contribution >= 0.6 is 0 Å². The fourth-order valence-electron chi connectivity index (χ4n) is 3.40. The minimum Gasteiger partial charge on any atom is -0.503 e. The molecule has 3 N–H and O–H groups in total. The number of anilines is 1. The fourth-order valence-corrected chi connectivity index (χ4v) is 3.40. The van der Waals surface area contributed by atoms with Gasteiger partial charge in [0.15, 0.2) is 5.75 Å². The van der Waals surface area contributed by atoms with Gasteiger partial charge < -0.3 is 20.3 Å². The second kappa shape index (κ2) is 8.27. The lowest BCUT2D eigenvalue weighted by Crippen LogP contribution is -2.11. The van der Waals surface area contributed by atoms with Crippen LogP contribution in [0.1, 0.15) is 5.56 Å². The summed E-state index contributed by atoms with van der Waals surface area (Å²) in [6.07, 6.45) is 4.95. The van der Waals surface area contributed by atoms with Crippen molar-refractivity contribution >= 4 is 5.82 Å². The van der Waals surface area contributed by atoms with Gasteiger partial charge in [0.05, 0.1) is 38.8 Å². The van der Waals surface area contributed by atoms with Crippen molar-refractivity contribution in [2.45, 2.75) is 6.54 Å². The Kier molecular flexibility index (Phi) is 5.36. The van der Waals surface area contributed by atoms with Crippen LogP contribution < -0.4 is 20.6 Å². The van der Waals surface area contributed by atoms with E-state index in [1.807, 2.05) is 47.3 Å². The van der Waals surface area contributed by atoms with Gasteiger partial charge in [-0.15, -0.1) is 0 Å². The van der Waals surface area contributed by atoms with Gasteiger partial charge in [0.1, 0.15) is 17.3 Å². The lowest BCUT2D eigenvalue weighted by molar-refractivity contribution is 0.394. The molecular weight excluding hydrogens is 396 g/mol. The van der Waals surface area contributed by atoms with Crippen molar-refractivity contribution in [1.29, 1.82) is 0 Å². The molecule has 0 bridgehead atoms. The predicted octanol–water partition coefficient (Wildman–Crippen LogP) is 3.05. The maximum atomic E-state index is 11.7. The van der Waals surface area contributed by atoms with E-state index < -0.39 is 11.2 Å². The molecule has 0 saturated heterocycles. The Labute approximate surface area is 178 Å². The highest BCUT2D eigenvalue weighted by Crippen LogP contribution is 2.38. The highest BCUT2D eigenvalue weighted by Gasteiger charge is 2.17. The van der Waals surface area contributed by atoms with E-state index in [2.05, 4.69) is 5.10 Å². The number of benzene rings is 2. The van der Waals surface area contributed by atoms with Crippen molar-refractivity contribution in [3.63, 3.8) is 0 Å². The smallest absolute Gasteiger partial charge is 0.225 e. The Balaban J connectivity index is 1.81. The van der Waals surface area contributed by atoms with Gasteiger partial charge in [0.2, 0.25) is 5.43 Å². The van der Waals surface area contributed by atoms with Crippen LogP contribution in [0.25, 0.3) is 16.8 Å². The molecule has 0 atom stereocenters. The first-order chi connectivity index (χ1) is 15.0. The van der Waals surface area contributed by atoms with Crippen molar-refractivity contribution in [3.8, 4) is 34.1 Å². The Morgan fingerprint density at radius 1 is 1.03 bits per heavy atom. The van der Waals surface area contributed by atoms with Crippen LogP contribution in [0.4, 0.5) is 5.82 Å². The summed E-state index contributed by atoms with van der Waals surface area (Å²) in [6, 6.07) is 14.7. The van der Waals surface area contributed by atoms with Crippen molar-refractivity contribution in [2.24, 2.45) is 0 Å². The third kappa shape index (κ3) is 3.95. The zero-order valence-electron chi connectivity index (χ0n) is 17.1. The second-order valence-corrected chi connectivity index (χ2v) is 6.95. The zero-order valence-corrected chi connectivity index (χ0v) is 17.1. The predicted molar refractivity (Wildman–Crippen MR) is 118 cm³/mol. The quantitative estimate of drug-likeness (QED) is 0.499. The minimum absolute atomic E-state index is 0.164. The standard InChI is InChI=1S/C23H22N4O4/c1-30-21-10-22(31-2)18(27-14-20(29)19(28)9-23(27)24)8-17(21)16-11-25-26(13-16)12-15-6-4-3-5-7-15/h3-11,13-14,29H,12,24H2,1-2H3. The third-order valence-electron chi connectivity index (χ3n) is 4.95. The monoisotopic (exact) mass is 418 g/mol. The normalized spacial score (nSPS) is 10.8. The van der Waals surface area contributed by atoms with Gasteiger partial charge in [-0.2, -0.15) is 5.10 Å². The lowest BCUT2D eigenvalue weighted by atomic mass is 10.1. The zero-order chi connectivity index (χ0) is 22.0. The van der Waals surface area contributed by atoms with Crippen molar-refractivity contribution in [2.75, 3.05) is 20.0 Å². The first-order valence-corrected chi connectivity index (χ1v) is 9.54. The molecule has 0 fully saturated rings. The molecule has 0 radical (unpaired) electrons. The molecule has 0 aliphatic carbocycles. The SMILES string of the molecule is COc1cc(OC)c(-n2cc(O)c(=O)cc2N)cc1-c1cnn(Cc2ccccc2)c1. The summed E-state index contributed by atoms with van der Waals surface area (Å²) in [7, 11) is 3.10. The van der Waals surface area contributed by atoms with E-state index in [0.717, 1.165) is 22.8 Å². The van der Waals surface area contributed by atoms with Crippen LogP contribution in [0.2, 0.25) is 0 Å². The summed E-state index contributed by atoms with van der Waals surface area (Å²) in [5, 5.41) is 14.4. The highest BCUT2D eigenvalue weighted by atomic mass is 16.5. The molecule has 31 heavy (non-hydrogen) atoms. The maximum absolute atomic E-state index is 11.7. The number of aromatic hydroxyl groups is 1. The molecule has 8 nitrogen and oxygen atoms in total. The topological polar surface area (TPSA) is 105 Å². The van der Waals surface area contributed by atoms with Crippen molar-refractivity contribution in [3.05, 3.63) is 82.9 Å². The number of methoxy groups -OCH3 is 2. The average Bonchev–Trinajstić information content (AvgIpc) is 3.24. The first-order valence-electron chi connectivity index (χ1n) is 9.54. The van der Waals surface area contributed by atoms with Crippen LogP contribution in [0.15, 0.2) is 71.9 Å². The Hall–Kier alpha value is -4.20. The average molecular weight is 418 g/mol. The number of hydrogen-bond acceptors (Lipinski definition) is 6. The molecule has 0 spiro atoms. The third-order valence-corrected chi connectivity index (χ3v) is 4.95. The number of nitrogen functional groups attached to an aromatic ring is 1. The summed E-state index contributed by atoms with van der Waals surface area (Å²) in [5.74, 6) is 0.803. The van der Waals surface area contributed by atoms with E-state index in [0.29, 0.717) is 23.7 Å². The molecule has 158 valence electrons. The molecule has 4 aromatic rings. The minimum atomic E-state index is -0.552. The van der Waals surface area contributed by atoms with E-state index in [1.165, 1.54) is 17.9 Å². The Morgan fingerprint density at radius 3 is 2.48 bits per heavy atom. The van der Waals surface area contributed by atoms with Gasteiger partial charge in [-0.05, 0) is 11.6 Å². The van der Waals surface area contributed by atoms with Gasteiger partial charge in [-0.25, -0.2) is 0 Å². The summed E-state index contributed by atoms with van der Waals surface area (Å²) in [5.41, 5.74) is 8.76. The summed E-state index contributed by atoms with van der Waals surface area (Å²) >= 11 is 0. The Bertz CT molecular complexity index is 1280.